The normalized spacial score (nSPS) is 17.5. The maximum absolute atomic E-state index is 7.21. The lowest BCUT2D eigenvalue weighted by molar-refractivity contribution is 0.419. The molecule has 0 aliphatic carbocycles. The molecule has 7 aromatic carbocycles. The minimum absolute atomic E-state index is 0.00419. The second-order valence-corrected chi connectivity index (χ2v) is 25.4. The monoisotopic (exact) mass is 976 g/mol. The first-order valence-electron chi connectivity index (χ1n) is 27.0. The molecule has 74 heavy (non-hydrogen) atoms. The highest BCUT2D eigenvalue weighted by atomic mass is 16.5. The van der Waals surface area contributed by atoms with Gasteiger partial charge in [0, 0.05) is 59.4 Å². The third-order valence-corrected chi connectivity index (χ3v) is 16.1. The molecule has 376 valence electrons. The van der Waals surface area contributed by atoms with Gasteiger partial charge < -0.3 is 4.74 Å². The van der Waals surface area contributed by atoms with Crippen LogP contribution in [0.1, 0.15) is 155 Å². The van der Waals surface area contributed by atoms with E-state index in [4.69, 9.17) is 9.72 Å². The van der Waals surface area contributed by atoms with Crippen molar-refractivity contribution >= 4 is 44.6 Å². The molecule has 2 aliphatic heterocycles. The molecule has 0 spiro atoms. The summed E-state index contributed by atoms with van der Waals surface area (Å²) in [5.74, 6) is 3.66. The highest BCUT2D eigenvalue weighted by molar-refractivity contribution is 6.09. The number of aromatic nitrogens is 2. The van der Waals surface area contributed by atoms with Gasteiger partial charge in [0.15, 0.2) is 18.0 Å². The molecule has 11 rings (SSSR count). The summed E-state index contributed by atoms with van der Waals surface area (Å²) in [5, 5.41) is 2.35. The number of nitrogens with zero attached hydrogens (tertiary/aromatic N) is 4. The molecule has 5 heteroatoms. The standard InChI is InChI=1S/C69H75N4O/c1-43(2)48-33-59(44(3)4)66(60(34-48)45(5)6)47-29-30-70-65(35-47)71-61-24-20-19-23-57(61)58-27-26-55(41-62(58)71)74-56-38-52(69(13,14)15)37-54(40-56)72-42-73(72,64-39-50(67(7,8)9)25-28-63(64)72)53-32-49(46-21-17-16-18-22-46)31-51(36-53)68(10,11)12/h16-45H,1-15H3/q+1/t72?,73-/m0/s1. The fraction of sp³-hybridized carbons (Fsp3) is 0.304. The van der Waals surface area contributed by atoms with Crippen molar-refractivity contribution < 1.29 is 4.74 Å². The molecule has 0 N–H and O–H groups in total. The van der Waals surface area contributed by atoms with Gasteiger partial charge in [-0.25, -0.2) is 4.98 Å². The summed E-state index contributed by atoms with van der Waals surface area (Å²) in [7, 11) is 0. The molecule has 2 aliphatic rings. The largest absolute Gasteiger partial charge is 0.457 e. The zero-order chi connectivity index (χ0) is 52.4. The molecule has 9 aromatic rings. The van der Waals surface area contributed by atoms with Crippen LogP contribution < -0.4 is 13.9 Å². The molecule has 2 aromatic heterocycles. The summed E-state index contributed by atoms with van der Waals surface area (Å²) in [5.41, 5.74) is 20.1. The van der Waals surface area contributed by atoms with E-state index in [1.165, 1.54) is 83.8 Å². The van der Waals surface area contributed by atoms with Crippen molar-refractivity contribution in [3.63, 3.8) is 0 Å². The van der Waals surface area contributed by atoms with Gasteiger partial charge in [-0.1, -0.05) is 177 Å². The van der Waals surface area contributed by atoms with E-state index in [-0.39, 0.29) is 16.2 Å². The van der Waals surface area contributed by atoms with Crippen molar-refractivity contribution in [1.29, 1.82) is 0 Å². The topological polar surface area (TPSA) is 27.1 Å². The number of pyridine rings is 1. The van der Waals surface area contributed by atoms with Gasteiger partial charge in [0.25, 0.3) is 0 Å². The number of ether oxygens (including phenoxy) is 1. The van der Waals surface area contributed by atoms with Gasteiger partial charge in [-0.05, 0) is 126 Å². The molecule has 1 unspecified atom stereocenters. The van der Waals surface area contributed by atoms with E-state index < -0.39 is 0 Å². The molecule has 1 fully saturated rings. The molecule has 0 amide bonds. The predicted octanol–water partition coefficient (Wildman–Crippen LogP) is 19.9. The van der Waals surface area contributed by atoms with Crippen LogP contribution >= 0.6 is 0 Å². The maximum atomic E-state index is 7.21. The molecular formula is C69H75N4O+. The lowest BCUT2D eigenvalue weighted by Crippen LogP contribution is -2.47. The first-order chi connectivity index (χ1) is 35.0. The maximum Gasteiger partial charge on any atom is 0.225 e. The van der Waals surface area contributed by atoms with Crippen LogP contribution in [0, 0.1) is 6.67 Å². The average molecular weight is 976 g/mol. The van der Waals surface area contributed by atoms with E-state index in [9.17, 15) is 0 Å². The Balaban J connectivity index is 1.06. The first kappa shape index (κ1) is 49.4. The Morgan fingerprint density at radius 1 is 0.459 bits per heavy atom. The summed E-state index contributed by atoms with van der Waals surface area (Å²) < 4.78 is 10.7. The van der Waals surface area contributed by atoms with Crippen molar-refractivity contribution in [3.05, 3.63) is 198 Å². The third-order valence-electron chi connectivity index (χ3n) is 16.1. The zero-order valence-electron chi connectivity index (χ0n) is 46.5. The fourth-order valence-corrected chi connectivity index (χ4v) is 11.7. The van der Waals surface area contributed by atoms with Crippen LogP contribution in [-0.2, 0) is 16.2 Å². The quantitative estimate of drug-likeness (QED) is 0.0776. The van der Waals surface area contributed by atoms with Gasteiger partial charge in [-0.15, -0.1) is 0 Å². The van der Waals surface area contributed by atoms with Crippen molar-refractivity contribution in [2.75, 3.05) is 0 Å². The van der Waals surface area contributed by atoms with E-state index in [1.807, 2.05) is 6.20 Å². The average Bonchev–Trinajstić information content (AvgIpc) is 3.88. The van der Waals surface area contributed by atoms with Crippen molar-refractivity contribution in [1.82, 2.24) is 18.7 Å². The van der Waals surface area contributed by atoms with Crippen LogP contribution in [-0.4, -0.2) is 9.55 Å². The second kappa shape index (κ2) is 17.4. The summed E-state index contributed by atoms with van der Waals surface area (Å²) >= 11 is 0. The predicted molar refractivity (Wildman–Crippen MR) is 314 cm³/mol. The fourth-order valence-electron chi connectivity index (χ4n) is 11.7. The summed E-state index contributed by atoms with van der Waals surface area (Å²) in [4.78, 5) is 5.14. The Labute approximate surface area is 441 Å². The van der Waals surface area contributed by atoms with Crippen LogP contribution in [0.4, 0.5) is 22.7 Å². The number of hydrogen-bond acceptors (Lipinski definition) is 2. The first-order valence-corrected chi connectivity index (χ1v) is 27.0. The van der Waals surface area contributed by atoms with Crippen molar-refractivity contribution in [2.24, 2.45) is 0 Å². The summed E-state index contributed by atoms with van der Waals surface area (Å²) in [6.45, 7) is 37.3. The van der Waals surface area contributed by atoms with E-state index in [0.717, 1.165) is 33.7 Å². The van der Waals surface area contributed by atoms with E-state index in [0.29, 0.717) is 26.9 Å². The molecule has 0 radical (unpaired) electrons. The van der Waals surface area contributed by atoms with Crippen LogP contribution in [0.3, 0.4) is 0 Å². The van der Waals surface area contributed by atoms with E-state index in [1.54, 1.807) is 0 Å². The summed E-state index contributed by atoms with van der Waals surface area (Å²) in [6, 6.07) is 57.0. The second-order valence-electron chi connectivity index (χ2n) is 25.4. The highest BCUT2D eigenvalue weighted by Gasteiger charge is 2.78. The summed E-state index contributed by atoms with van der Waals surface area (Å²) in [6.07, 6.45) is 1.99. The Kier molecular flexibility index (Phi) is 11.6. The molecular weight excluding hydrogens is 901 g/mol. The number of quaternary nitrogens is 2. The molecule has 4 heterocycles. The number of para-hydroxylation sites is 1. The number of rotatable bonds is 10. The van der Waals surface area contributed by atoms with Crippen LogP contribution in [0.25, 0.3) is 49.9 Å². The number of hydrogen-bond donors (Lipinski definition) is 0. The molecule has 5 nitrogen and oxygen atoms in total. The number of fused-ring (bicyclic) bond motifs is 7. The molecule has 2 atom stereocenters. The van der Waals surface area contributed by atoms with Gasteiger partial charge in [0.05, 0.1) is 11.0 Å². The zero-order valence-corrected chi connectivity index (χ0v) is 46.5. The smallest absolute Gasteiger partial charge is 0.225 e. The van der Waals surface area contributed by atoms with Crippen molar-refractivity contribution in [3.8, 4) is 39.6 Å². The third kappa shape index (κ3) is 8.01. The Bertz CT molecular complexity index is 3640. The minimum atomic E-state index is -0.151. The van der Waals surface area contributed by atoms with Crippen molar-refractivity contribution in [2.45, 2.75) is 138 Å². The Hall–Kier alpha value is -6.79. The Morgan fingerprint density at radius 3 is 1.72 bits per heavy atom. The molecule has 1 saturated heterocycles. The van der Waals surface area contributed by atoms with Gasteiger partial charge in [-0.3, -0.25) is 4.57 Å². The van der Waals surface area contributed by atoms with Gasteiger partial charge in [-0.2, -0.15) is 9.18 Å². The van der Waals surface area contributed by atoms with Gasteiger partial charge in [0.2, 0.25) is 11.4 Å². The van der Waals surface area contributed by atoms with Crippen LogP contribution in [0.15, 0.2) is 158 Å². The van der Waals surface area contributed by atoms with Gasteiger partial charge in [0.1, 0.15) is 17.3 Å². The Morgan fingerprint density at radius 2 is 1.07 bits per heavy atom. The van der Waals surface area contributed by atoms with E-state index >= 15 is 0 Å². The SMILES string of the molecule is CC(C)c1cc(C(C)C)c(-c2ccnc(-n3c4ccccc4c4ccc(Oc5cc(C(C)(C)C)cc([N+]67[CH-][N@+]6(c6cc(-c8ccccc8)cc(C(C)(C)C)c6)c6cc(C(C)(C)C)ccc67)c5)cc43)c2)c(C(C)C)c1. The highest BCUT2D eigenvalue weighted by Crippen LogP contribution is 2.76. The lowest BCUT2D eigenvalue weighted by atomic mass is 9.82. The molecule has 0 bridgehead atoms. The minimum Gasteiger partial charge on any atom is -0.457 e. The van der Waals surface area contributed by atoms with Gasteiger partial charge >= 0.3 is 0 Å². The lowest BCUT2D eigenvalue weighted by Gasteiger charge is -2.41. The molecule has 0 saturated carbocycles. The van der Waals surface area contributed by atoms with Crippen LogP contribution in [0.5, 0.6) is 11.5 Å². The van der Waals surface area contributed by atoms with E-state index in [2.05, 4.69) is 267 Å². The van der Waals surface area contributed by atoms with Crippen LogP contribution in [0.2, 0.25) is 0 Å². The number of benzene rings is 7.